The largest absolute Gasteiger partial charge is 0.351 e. The van der Waals surface area contributed by atoms with E-state index in [1.165, 1.54) is 0 Å². The van der Waals surface area contributed by atoms with Gasteiger partial charge in [-0.25, -0.2) is 0 Å². The molecule has 3 rings (SSSR count). The Balaban J connectivity index is 1.91. The summed E-state index contributed by atoms with van der Waals surface area (Å²) in [5, 5.41) is 6.09. The highest BCUT2D eigenvalue weighted by molar-refractivity contribution is 9.12. The van der Waals surface area contributed by atoms with Gasteiger partial charge < -0.3 is 10.6 Å². The zero-order chi connectivity index (χ0) is 18.8. The molecule has 2 N–H and O–H groups in total. The Labute approximate surface area is 168 Å². The molecule has 26 heavy (non-hydrogen) atoms. The molecule has 6 heteroatoms. The highest BCUT2D eigenvalue weighted by Crippen LogP contribution is 2.33. The second-order valence-electron chi connectivity index (χ2n) is 6.03. The Bertz CT molecular complexity index is 898. The number of anilines is 2. The van der Waals surface area contributed by atoms with Crippen LogP contribution in [-0.4, -0.2) is 11.6 Å². The standard InChI is InChI=1S/C20H16Br2N2O2/c1-11-5-3-7-13(9-11)23-17-15(21)20(26)18(16(22)19(17)25)24-14-8-4-6-12(2)10-14/h3-10,23-24H,1-2H3. The molecule has 0 unspecified atom stereocenters. The van der Waals surface area contributed by atoms with E-state index in [1.54, 1.807) is 0 Å². The highest BCUT2D eigenvalue weighted by atomic mass is 79.9. The smallest absolute Gasteiger partial charge is 0.219 e. The number of nitrogens with one attached hydrogen (secondary N) is 2. The molecule has 0 radical (unpaired) electrons. The maximum absolute atomic E-state index is 12.8. The number of ketones is 2. The fourth-order valence-electron chi connectivity index (χ4n) is 2.60. The van der Waals surface area contributed by atoms with Gasteiger partial charge in [0.2, 0.25) is 11.6 Å². The number of halogens is 2. The van der Waals surface area contributed by atoms with Gasteiger partial charge in [0.1, 0.15) is 11.4 Å². The van der Waals surface area contributed by atoms with Crippen molar-refractivity contribution >= 4 is 54.8 Å². The lowest BCUT2D eigenvalue weighted by Gasteiger charge is -2.21. The zero-order valence-electron chi connectivity index (χ0n) is 14.2. The average Bonchev–Trinajstić information content (AvgIpc) is 2.61. The number of benzene rings is 2. The van der Waals surface area contributed by atoms with Crippen LogP contribution in [0.4, 0.5) is 11.4 Å². The molecule has 2 aromatic carbocycles. The fourth-order valence-corrected chi connectivity index (χ4v) is 3.56. The van der Waals surface area contributed by atoms with E-state index in [0.29, 0.717) is 0 Å². The quantitative estimate of drug-likeness (QED) is 0.597. The van der Waals surface area contributed by atoms with E-state index in [-0.39, 0.29) is 31.9 Å². The zero-order valence-corrected chi connectivity index (χ0v) is 17.4. The van der Waals surface area contributed by atoms with E-state index < -0.39 is 0 Å². The van der Waals surface area contributed by atoms with Crippen molar-refractivity contribution < 1.29 is 9.59 Å². The van der Waals surface area contributed by atoms with E-state index >= 15 is 0 Å². The third-order valence-corrected chi connectivity index (χ3v) is 5.38. The first-order valence-corrected chi connectivity index (χ1v) is 9.51. The van der Waals surface area contributed by atoms with Crippen molar-refractivity contribution in [3.05, 3.63) is 80.0 Å². The van der Waals surface area contributed by atoms with Crippen LogP contribution in [0, 0.1) is 13.8 Å². The van der Waals surface area contributed by atoms with Crippen molar-refractivity contribution in [3.8, 4) is 0 Å². The summed E-state index contributed by atoms with van der Waals surface area (Å²) in [6.45, 7) is 3.92. The van der Waals surface area contributed by atoms with E-state index in [1.807, 2.05) is 62.4 Å². The van der Waals surface area contributed by atoms with Gasteiger partial charge in [0, 0.05) is 11.4 Å². The molecule has 0 aliphatic heterocycles. The minimum absolute atomic E-state index is 0.197. The number of aryl methyl sites for hydroxylation is 2. The van der Waals surface area contributed by atoms with Gasteiger partial charge in [0.15, 0.2) is 0 Å². The molecule has 1 aliphatic rings. The first-order valence-electron chi connectivity index (χ1n) is 7.93. The summed E-state index contributed by atoms with van der Waals surface area (Å²) in [5.41, 5.74) is 4.02. The number of carbonyl (C=O) groups is 2. The Morgan fingerprint density at radius 3 is 1.42 bits per heavy atom. The summed E-state index contributed by atoms with van der Waals surface area (Å²) in [6.07, 6.45) is 0. The van der Waals surface area contributed by atoms with Gasteiger partial charge in [-0.3, -0.25) is 9.59 Å². The molecule has 0 amide bonds. The monoisotopic (exact) mass is 474 g/mol. The van der Waals surface area contributed by atoms with Crippen LogP contribution in [0.1, 0.15) is 11.1 Å². The molecule has 0 saturated heterocycles. The third kappa shape index (κ3) is 3.81. The maximum atomic E-state index is 12.8. The number of hydrogen-bond donors (Lipinski definition) is 2. The number of rotatable bonds is 4. The van der Waals surface area contributed by atoms with Gasteiger partial charge in [0.25, 0.3) is 0 Å². The molecule has 2 aromatic rings. The van der Waals surface area contributed by atoms with Crippen LogP contribution >= 0.6 is 31.9 Å². The van der Waals surface area contributed by atoms with Gasteiger partial charge in [-0.1, -0.05) is 24.3 Å². The minimum Gasteiger partial charge on any atom is -0.351 e. The van der Waals surface area contributed by atoms with Crippen molar-refractivity contribution in [2.24, 2.45) is 0 Å². The number of carbonyl (C=O) groups excluding carboxylic acids is 2. The van der Waals surface area contributed by atoms with E-state index in [9.17, 15) is 9.59 Å². The second-order valence-corrected chi connectivity index (χ2v) is 7.61. The van der Waals surface area contributed by atoms with Gasteiger partial charge in [-0.05, 0) is 81.1 Å². The normalized spacial score (nSPS) is 14.8. The van der Waals surface area contributed by atoms with Crippen LogP contribution in [-0.2, 0) is 9.59 Å². The van der Waals surface area contributed by atoms with Crippen LogP contribution in [0.2, 0.25) is 0 Å². The molecule has 1 aliphatic carbocycles. The summed E-state index contributed by atoms with van der Waals surface area (Å²) in [6, 6.07) is 15.2. The molecule has 0 atom stereocenters. The molecule has 4 nitrogen and oxygen atoms in total. The lowest BCUT2D eigenvalue weighted by Crippen LogP contribution is -2.27. The van der Waals surface area contributed by atoms with Crippen molar-refractivity contribution in [2.45, 2.75) is 13.8 Å². The molecule has 0 aromatic heterocycles. The van der Waals surface area contributed by atoms with E-state index in [2.05, 4.69) is 42.5 Å². The lowest BCUT2D eigenvalue weighted by molar-refractivity contribution is -0.115. The summed E-state index contributed by atoms with van der Waals surface area (Å²) >= 11 is 6.57. The van der Waals surface area contributed by atoms with Gasteiger partial charge in [-0.2, -0.15) is 0 Å². The maximum Gasteiger partial charge on any atom is 0.219 e. The average molecular weight is 476 g/mol. The molecule has 132 valence electrons. The molecular weight excluding hydrogens is 460 g/mol. The predicted molar refractivity (Wildman–Crippen MR) is 112 cm³/mol. The Morgan fingerprint density at radius 2 is 1.08 bits per heavy atom. The van der Waals surface area contributed by atoms with Crippen LogP contribution in [0.25, 0.3) is 0 Å². The highest BCUT2D eigenvalue weighted by Gasteiger charge is 2.33. The van der Waals surface area contributed by atoms with E-state index in [0.717, 1.165) is 22.5 Å². The molecule has 0 saturated carbocycles. The summed E-state index contributed by atoms with van der Waals surface area (Å²) in [7, 11) is 0. The summed E-state index contributed by atoms with van der Waals surface area (Å²) < 4.78 is 0.393. The van der Waals surface area contributed by atoms with Crippen LogP contribution in [0.5, 0.6) is 0 Å². The van der Waals surface area contributed by atoms with Crippen LogP contribution in [0.3, 0.4) is 0 Å². The van der Waals surface area contributed by atoms with Crippen LogP contribution < -0.4 is 10.6 Å². The van der Waals surface area contributed by atoms with Crippen molar-refractivity contribution in [3.63, 3.8) is 0 Å². The summed E-state index contributed by atoms with van der Waals surface area (Å²) in [5.74, 6) is -0.596. The Hall–Kier alpha value is -2.18. The minimum atomic E-state index is -0.298. The van der Waals surface area contributed by atoms with Gasteiger partial charge >= 0.3 is 0 Å². The number of allylic oxidation sites excluding steroid dienone is 2. The van der Waals surface area contributed by atoms with Crippen LogP contribution in [0.15, 0.2) is 68.9 Å². The van der Waals surface area contributed by atoms with Crippen molar-refractivity contribution in [1.29, 1.82) is 0 Å². The predicted octanol–water partition coefficient (Wildman–Crippen LogP) is 5.19. The Kier molecular flexibility index (Phi) is 5.44. The number of hydrogen-bond acceptors (Lipinski definition) is 4. The van der Waals surface area contributed by atoms with Crippen molar-refractivity contribution in [2.75, 3.05) is 10.6 Å². The van der Waals surface area contributed by atoms with Gasteiger partial charge in [0.05, 0.1) is 8.96 Å². The second kappa shape index (κ2) is 7.60. The molecule has 0 fully saturated rings. The molecule has 0 spiro atoms. The topological polar surface area (TPSA) is 58.2 Å². The third-order valence-electron chi connectivity index (χ3n) is 3.87. The van der Waals surface area contributed by atoms with Gasteiger partial charge in [-0.15, -0.1) is 0 Å². The van der Waals surface area contributed by atoms with E-state index in [4.69, 9.17) is 0 Å². The number of Topliss-reactive ketones (excluding diaryl/α,β-unsaturated/α-hetero) is 2. The fraction of sp³-hybridized carbons (Fsp3) is 0.100. The molecule has 0 bridgehead atoms. The lowest BCUT2D eigenvalue weighted by atomic mass is 10.0. The van der Waals surface area contributed by atoms with Crippen molar-refractivity contribution in [1.82, 2.24) is 0 Å². The SMILES string of the molecule is Cc1cccc(NC2=C(Br)C(=O)C(Nc3cccc(C)c3)=C(Br)C2=O)c1. The molecule has 0 heterocycles. The first-order chi connectivity index (χ1) is 12.4. The molecular formula is C20H16Br2N2O2. The first kappa shape index (κ1) is 18.6. The summed E-state index contributed by atoms with van der Waals surface area (Å²) in [4.78, 5) is 25.6. The Morgan fingerprint density at radius 1 is 0.692 bits per heavy atom.